The summed E-state index contributed by atoms with van der Waals surface area (Å²) >= 11 is 0. The molecule has 6 nitrogen and oxygen atoms in total. The van der Waals surface area contributed by atoms with E-state index in [-0.39, 0.29) is 5.75 Å². The molecule has 2 saturated heterocycles. The number of carbonyl (C=O) groups is 1. The third kappa shape index (κ3) is 5.02. The number of anilines is 1. The van der Waals surface area contributed by atoms with Crippen LogP contribution in [0.2, 0.25) is 0 Å². The van der Waals surface area contributed by atoms with Crippen LogP contribution in [0.25, 0.3) is 6.08 Å². The monoisotopic (exact) mass is 441 g/mol. The molecule has 2 N–H and O–H groups in total. The number of aldehydes is 1. The molecule has 0 saturated carbocycles. The molecule has 7 heteroatoms. The van der Waals surface area contributed by atoms with Crippen LogP contribution in [0.5, 0.6) is 0 Å². The van der Waals surface area contributed by atoms with Gasteiger partial charge in [-0.25, -0.2) is 0 Å². The van der Waals surface area contributed by atoms with Crippen molar-refractivity contribution in [3.63, 3.8) is 0 Å². The highest BCUT2D eigenvalue weighted by molar-refractivity contribution is 8.27. The first-order chi connectivity index (χ1) is 15.0. The Hall–Kier alpha value is -2.16. The predicted molar refractivity (Wildman–Crippen MR) is 129 cm³/mol. The first kappa shape index (κ1) is 22.0. The third-order valence-corrected chi connectivity index (χ3v) is 8.03. The highest BCUT2D eigenvalue weighted by Gasteiger charge is 2.36. The number of likely N-dealkylation sites (N-methyl/N-ethyl adjacent to an activating group) is 1. The van der Waals surface area contributed by atoms with E-state index in [4.69, 9.17) is 0 Å². The Labute approximate surface area is 186 Å². The fourth-order valence-corrected chi connectivity index (χ4v) is 5.93. The van der Waals surface area contributed by atoms with Crippen molar-refractivity contribution in [1.82, 2.24) is 9.80 Å². The smallest absolute Gasteiger partial charge is 0.142 e. The molecule has 0 spiro atoms. The van der Waals surface area contributed by atoms with Crippen LogP contribution >= 0.6 is 10.6 Å². The molecular formula is C24H31N3O3S. The lowest BCUT2D eigenvalue weighted by Crippen LogP contribution is -2.46. The summed E-state index contributed by atoms with van der Waals surface area (Å²) in [5.74, 6) is 0.243. The molecule has 2 heterocycles. The van der Waals surface area contributed by atoms with Crippen molar-refractivity contribution in [1.29, 1.82) is 0 Å². The summed E-state index contributed by atoms with van der Waals surface area (Å²) in [5, 5.41) is 0. The molecule has 4 rings (SSSR count). The predicted octanol–water partition coefficient (Wildman–Crippen LogP) is 3.61. The number of rotatable bonds is 5. The summed E-state index contributed by atoms with van der Waals surface area (Å²) in [6.45, 7) is 4.88. The summed E-state index contributed by atoms with van der Waals surface area (Å²) in [6, 6.07) is 17.4. The van der Waals surface area contributed by atoms with Crippen LogP contribution < -0.4 is 4.90 Å². The van der Waals surface area contributed by atoms with E-state index in [1.165, 1.54) is 0 Å². The van der Waals surface area contributed by atoms with Crippen molar-refractivity contribution in [2.24, 2.45) is 0 Å². The first-order valence-electron chi connectivity index (χ1n) is 10.7. The van der Waals surface area contributed by atoms with Gasteiger partial charge < -0.3 is 14.6 Å². The van der Waals surface area contributed by atoms with Crippen LogP contribution in [0.4, 0.5) is 5.69 Å². The van der Waals surface area contributed by atoms with Gasteiger partial charge in [0.1, 0.15) is 12.3 Å². The highest BCUT2D eigenvalue weighted by Crippen LogP contribution is 2.53. The van der Waals surface area contributed by atoms with Crippen LogP contribution in [-0.2, 0) is 11.3 Å². The second-order valence-corrected chi connectivity index (χ2v) is 10.5. The molecule has 1 atom stereocenters. The van der Waals surface area contributed by atoms with E-state index in [1.54, 1.807) is 0 Å². The highest BCUT2D eigenvalue weighted by atomic mass is 32.3. The third-order valence-electron chi connectivity index (χ3n) is 6.16. The zero-order chi connectivity index (χ0) is 21.8. The van der Waals surface area contributed by atoms with Crippen molar-refractivity contribution in [2.45, 2.75) is 12.6 Å². The second-order valence-electron chi connectivity index (χ2n) is 8.30. The SMILES string of the molecule is CN1CCN(c2ccccc2C=C2C(C=O)N(Cc3ccccc3)CCS2(O)O)CC1. The van der Waals surface area contributed by atoms with Crippen LogP contribution in [-0.4, -0.2) is 76.8 Å². The summed E-state index contributed by atoms with van der Waals surface area (Å²) in [6.07, 6.45) is 2.69. The molecular weight excluding hydrogens is 410 g/mol. The van der Waals surface area contributed by atoms with Gasteiger partial charge in [0, 0.05) is 45.0 Å². The molecule has 2 aliphatic rings. The van der Waals surface area contributed by atoms with Crippen molar-refractivity contribution in [3.8, 4) is 0 Å². The first-order valence-corrected chi connectivity index (χ1v) is 12.4. The Morgan fingerprint density at radius 2 is 1.65 bits per heavy atom. The van der Waals surface area contributed by atoms with Gasteiger partial charge in [0.15, 0.2) is 0 Å². The fourth-order valence-electron chi connectivity index (χ4n) is 4.30. The molecule has 0 aliphatic carbocycles. The maximum absolute atomic E-state index is 12.2. The summed E-state index contributed by atoms with van der Waals surface area (Å²) in [5.41, 5.74) is 3.10. The fraction of sp³-hybridized carbons (Fsp3) is 0.375. The number of hydrogen-bond acceptors (Lipinski definition) is 6. The largest absolute Gasteiger partial charge is 0.368 e. The van der Waals surface area contributed by atoms with Gasteiger partial charge in [0.25, 0.3) is 0 Å². The van der Waals surface area contributed by atoms with E-state index in [9.17, 15) is 13.9 Å². The molecule has 0 radical (unpaired) electrons. The molecule has 0 bridgehead atoms. The van der Waals surface area contributed by atoms with Gasteiger partial charge in [-0.15, -0.1) is 0 Å². The lowest BCUT2D eigenvalue weighted by atomic mass is 10.1. The number of carbonyl (C=O) groups excluding carboxylic acids is 1. The number of para-hydroxylation sites is 1. The molecule has 2 aromatic rings. The summed E-state index contributed by atoms with van der Waals surface area (Å²) in [7, 11) is -0.880. The average molecular weight is 442 g/mol. The van der Waals surface area contributed by atoms with E-state index in [1.807, 2.05) is 59.5 Å². The molecule has 166 valence electrons. The molecule has 2 aliphatic heterocycles. The van der Waals surface area contributed by atoms with Gasteiger partial charge >= 0.3 is 0 Å². The number of piperazine rings is 1. The minimum atomic E-state index is -3.00. The zero-order valence-electron chi connectivity index (χ0n) is 17.9. The van der Waals surface area contributed by atoms with Crippen molar-refractivity contribution in [3.05, 3.63) is 70.6 Å². The Bertz CT molecular complexity index is 927. The maximum atomic E-state index is 12.2. The van der Waals surface area contributed by atoms with Gasteiger partial charge in [-0.05, 0) is 30.3 Å². The topological polar surface area (TPSA) is 67.2 Å². The van der Waals surface area contributed by atoms with E-state index in [0.29, 0.717) is 18.0 Å². The Kier molecular flexibility index (Phi) is 6.79. The second kappa shape index (κ2) is 9.54. The van der Waals surface area contributed by atoms with Gasteiger partial charge in [-0.2, -0.15) is 10.6 Å². The maximum Gasteiger partial charge on any atom is 0.142 e. The van der Waals surface area contributed by atoms with E-state index >= 15 is 0 Å². The Morgan fingerprint density at radius 1 is 0.968 bits per heavy atom. The van der Waals surface area contributed by atoms with Crippen LogP contribution in [0.1, 0.15) is 11.1 Å². The van der Waals surface area contributed by atoms with Gasteiger partial charge in [-0.1, -0.05) is 48.5 Å². The van der Waals surface area contributed by atoms with Gasteiger partial charge in [0.05, 0.1) is 10.7 Å². The lowest BCUT2D eigenvalue weighted by molar-refractivity contribution is -0.111. The zero-order valence-corrected chi connectivity index (χ0v) is 18.7. The molecule has 0 amide bonds. The summed E-state index contributed by atoms with van der Waals surface area (Å²) < 4.78 is 21.8. The minimum absolute atomic E-state index is 0.243. The van der Waals surface area contributed by atoms with E-state index < -0.39 is 16.6 Å². The number of nitrogens with zero attached hydrogens (tertiary/aromatic N) is 3. The standard InChI is InChI=1S/C24H31N3O3S/c1-25-11-13-26(14-12-25)22-10-6-5-9-21(22)17-24-23(19-28)27(15-16-31(24,29)30)18-20-7-3-2-4-8-20/h2-10,17,19,23,29-30H,11-16,18H2,1H3. The van der Waals surface area contributed by atoms with Crippen LogP contribution in [0.15, 0.2) is 59.5 Å². The average Bonchev–Trinajstić information content (AvgIpc) is 2.78. The summed E-state index contributed by atoms with van der Waals surface area (Å²) in [4.78, 5) is 19.3. The Balaban J connectivity index is 1.66. The molecule has 1 unspecified atom stereocenters. The number of hydrogen-bond donors (Lipinski definition) is 2. The lowest BCUT2D eigenvalue weighted by Gasteiger charge is -2.46. The van der Waals surface area contributed by atoms with Crippen molar-refractivity contribution in [2.75, 3.05) is 50.4 Å². The van der Waals surface area contributed by atoms with E-state index in [0.717, 1.165) is 49.3 Å². The van der Waals surface area contributed by atoms with Crippen molar-refractivity contribution >= 4 is 28.6 Å². The number of benzene rings is 2. The van der Waals surface area contributed by atoms with Crippen LogP contribution in [0, 0.1) is 0 Å². The Morgan fingerprint density at radius 3 is 2.35 bits per heavy atom. The normalized spacial score (nSPS) is 24.8. The van der Waals surface area contributed by atoms with Gasteiger partial charge in [-0.3, -0.25) is 14.0 Å². The molecule has 0 aromatic heterocycles. The molecule has 31 heavy (non-hydrogen) atoms. The molecule has 2 fully saturated rings. The van der Waals surface area contributed by atoms with Gasteiger partial charge in [0.2, 0.25) is 0 Å². The van der Waals surface area contributed by atoms with E-state index in [2.05, 4.69) is 22.9 Å². The minimum Gasteiger partial charge on any atom is -0.368 e. The molecule has 2 aromatic carbocycles. The van der Waals surface area contributed by atoms with Crippen LogP contribution in [0.3, 0.4) is 0 Å². The quantitative estimate of drug-likeness (QED) is 0.691. The van der Waals surface area contributed by atoms with Crippen molar-refractivity contribution < 1.29 is 13.9 Å².